The monoisotopic (exact) mass is 305 g/mol. The van der Waals surface area contributed by atoms with Crippen LogP contribution in [0.2, 0.25) is 0 Å². The summed E-state index contributed by atoms with van der Waals surface area (Å²) in [4.78, 5) is 0.501. The van der Waals surface area contributed by atoms with Crippen molar-refractivity contribution in [1.82, 2.24) is 20.2 Å². The summed E-state index contributed by atoms with van der Waals surface area (Å²) >= 11 is 1.18. The smallest absolute Gasteiger partial charge is 0.214 e. The summed E-state index contributed by atoms with van der Waals surface area (Å²) in [7, 11) is 0. The zero-order valence-electron chi connectivity index (χ0n) is 11.1. The minimum atomic E-state index is -0.541. The summed E-state index contributed by atoms with van der Waals surface area (Å²) in [6, 6.07) is 6.37. The van der Waals surface area contributed by atoms with Crippen molar-refractivity contribution in [3.63, 3.8) is 0 Å². The molecule has 108 valence electrons. The summed E-state index contributed by atoms with van der Waals surface area (Å²) < 4.78 is 20.8. The lowest BCUT2D eigenvalue weighted by molar-refractivity contribution is 0.0912. The Morgan fingerprint density at radius 1 is 1.52 bits per heavy atom. The van der Waals surface area contributed by atoms with Gasteiger partial charge in [-0.05, 0) is 47.2 Å². The third kappa shape index (κ3) is 3.04. The lowest BCUT2D eigenvalue weighted by Gasteiger charge is -2.10. The molecule has 0 N–H and O–H groups in total. The van der Waals surface area contributed by atoms with Crippen molar-refractivity contribution in [3.8, 4) is 6.07 Å². The Balaban J connectivity index is 1.81. The number of nitrogens with zero attached hydrogens (tertiary/aromatic N) is 5. The van der Waals surface area contributed by atoms with Gasteiger partial charge in [-0.15, -0.1) is 5.10 Å². The fraction of sp³-hybridized carbons (Fsp3) is 0.385. The molecule has 0 spiro atoms. The van der Waals surface area contributed by atoms with Crippen molar-refractivity contribution in [3.05, 3.63) is 29.6 Å². The zero-order valence-corrected chi connectivity index (χ0v) is 11.9. The van der Waals surface area contributed by atoms with E-state index in [1.165, 1.54) is 17.8 Å². The summed E-state index contributed by atoms with van der Waals surface area (Å²) in [5, 5.41) is 21.1. The second kappa shape index (κ2) is 6.20. The molecule has 0 aliphatic carbocycles. The Kier molecular flexibility index (Phi) is 4.13. The molecule has 1 aliphatic rings. The van der Waals surface area contributed by atoms with E-state index in [2.05, 4.69) is 15.5 Å². The van der Waals surface area contributed by atoms with Crippen molar-refractivity contribution in [1.29, 1.82) is 5.26 Å². The number of aromatic nitrogens is 4. The summed E-state index contributed by atoms with van der Waals surface area (Å²) in [5.74, 6) is -0.541. The van der Waals surface area contributed by atoms with E-state index in [0.717, 1.165) is 19.4 Å². The van der Waals surface area contributed by atoms with Gasteiger partial charge in [0.15, 0.2) is 0 Å². The predicted molar refractivity (Wildman–Crippen MR) is 72.0 cm³/mol. The Morgan fingerprint density at radius 3 is 3.19 bits per heavy atom. The molecule has 1 unspecified atom stereocenters. The van der Waals surface area contributed by atoms with Gasteiger partial charge in [-0.25, -0.2) is 9.07 Å². The molecule has 1 aromatic heterocycles. The number of ether oxygens (including phenoxy) is 1. The second-order valence-electron chi connectivity index (χ2n) is 4.61. The van der Waals surface area contributed by atoms with E-state index in [9.17, 15) is 4.39 Å². The molecule has 2 heterocycles. The van der Waals surface area contributed by atoms with E-state index >= 15 is 0 Å². The molecule has 0 radical (unpaired) electrons. The summed E-state index contributed by atoms with van der Waals surface area (Å²) in [6.07, 6.45) is 2.13. The third-order valence-electron chi connectivity index (χ3n) is 3.19. The number of benzene rings is 1. The Labute approximate surface area is 124 Å². The maximum Gasteiger partial charge on any atom is 0.214 e. The number of tetrazole rings is 1. The van der Waals surface area contributed by atoms with Gasteiger partial charge in [0.05, 0.1) is 12.6 Å². The summed E-state index contributed by atoms with van der Waals surface area (Å²) in [6.45, 7) is 1.32. The lowest BCUT2D eigenvalue weighted by Crippen LogP contribution is -2.16. The van der Waals surface area contributed by atoms with Crippen molar-refractivity contribution in [2.45, 2.75) is 35.5 Å². The van der Waals surface area contributed by atoms with Gasteiger partial charge in [0.25, 0.3) is 0 Å². The van der Waals surface area contributed by atoms with Crippen molar-refractivity contribution in [2.75, 3.05) is 6.61 Å². The molecule has 8 heteroatoms. The van der Waals surface area contributed by atoms with E-state index in [1.54, 1.807) is 16.8 Å². The average molecular weight is 305 g/mol. The van der Waals surface area contributed by atoms with Gasteiger partial charge in [0.1, 0.15) is 17.4 Å². The molecule has 21 heavy (non-hydrogen) atoms. The molecule has 1 aliphatic heterocycles. The highest BCUT2D eigenvalue weighted by molar-refractivity contribution is 7.99. The molecule has 0 amide bonds. The Hall–Kier alpha value is -1.98. The fourth-order valence-corrected chi connectivity index (χ4v) is 3.04. The predicted octanol–water partition coefficient (Wildman–Crippen LogP) is 2.01. The van der Waals surface area contributed by atoms with E-state index in [0.29, 0.717) is 16.6 Å². The van der Waals surface area contributed by atoms with Gasteiger partial charge in [-0.2, -0.15) is 5.26 Å². The van der Waals surface area contributed by atoms with Crippen LogP contribution in [0.3, 0.4) is 0 Å². The van der Waals surface area contributed by atoms with E-state index < -0.39 is 5.82 Å². The van der Waals surface area contributed by atoms with Crippen LogP contribution in [0.1, 0.15) is 18.4 Å². The largest absolute Gasteiger partial charge is 0.376 e. The van der Waals surface area contributed by atoms with Crippen molar-refractivity contribution >= 4 is 11.8 Å². The normalized spacial score (nSPS) is 17.8. The maximum atomic E-state index is 13.6. The van der Waals surface area contributed by atoms with Crippen LogP contribution in [0.5, 0.6) is 0 Å². The van der Waals surface area contributed by atoms with Crippen LogP contribution in [-0.4, -0.2) is 32.9 Å². The van der Waals surface area contributed by atoms with Crippen molar-refractivity contribution in [2.24, 2.45) is 0 Å². The number of hydrogen-bond acceptors (Lipinski definition) is 6. The quantitative estimate of drug-likeness (QED) is 0.860. The van der Waals surface area contributed by atoms with Gasteiger partial charge in [0.2, 0.25) is 5.16 Å². The molecular formula is C13H12FN5OS. The van der Waals surface area contributed by atoms with Crippen LogP contribution in [0.15, 0.2) is 28.3 Å². The molecule has 1 saturated heterocycles. The molecular weight excluding hydrogens is 293 g/mol. The number of hydrogen-bond donors (Lipinski definition) is 0. The van der Waals surface area contributed by atoms with E-state index in [4.69, 9.17) is 10.00 Å². The van der Waals surface area contributed by atoms with Gasteiger partial charge in [-0.3, -0.25) is 0 Å². The van der Waals surface area contributed by atoms with Crippen LogP contribution in [0.4, 0.5) is 4.39 Å². The van der Waals surface area contributed by atoms with E-state index in [1.807, 2.05) is 6.07 Å². The third-order valence-corrected chi connectivity index (χ3v) is 4.22. The van der Waals surface area contributed by atoms with Crippen LogP contribution in [0.25, 0.3) is 0 Å². The minimum Gasteiger partial charge on any atom is -0.376 e. The number of rotatable bonds is 4. The molecule has 1 aromatic carbocycles. The Bertz CT molecular complexity index is 677. The lowest BCUT2D eigenvalue weighted by atomic mass is 10.2. The van der Waals surface area contributed by atoms with Gasteiger partial charge in [-0.1, -0.05) is 6.07 Å². The highest BCUT2D eigenvalue weighted by atomic mass is 32.2. The van der Waals surface area contributed by atoms with E-state index in [-0.39, 0.29) is 11.7 Å². The molecule has 0 bridgehead atoms. The highest BCUT2D eigenvalue weighted by Crippen LogP contribution is 2.30. The average Bonchev–Trinajstić information content (AvgIpc) is 3.12. The molecule has 3 rings (SSSR count). The summed E-state index contributed by atoms with van der Waals surface area (Å²) in [5.41, 5.74) is 0.00849. The Morgan fingerprint density at radius 2 is 2.43 bits per heavy atom. The maximum absolute atomic E-state index is 13.6. The number of nitriles is 1. The van der Waals surface area contributed by atoms with Crippen LogP contribution in [-0.2, 0) is 11.3 Å². The molecule has 1 atom stereocenters. The zero-order chi connectivity index (χ0) is 14.7. The van der Waals surface area contributed by atoms with Gasteiger partial charge < -0.3 is 4.74 Å². The highest BCUT2D eigenvalue weighted by Gasteiger charge is 2.20. The molecule has 0 saturated carbocycles. The first-order chi connectivity index (χ1) is 10.3. The molecule has 6 nitrogen and oxygen atoms in total. The van der Waals surface area contributed by atoms with Gasteiger partial charge >= 0.3 is 0 Å². The van der Waals surface area contributed by atoms with Crippen LogP contribution >= 0.6 is 11.8 Å². The number of halogens is 1. The first-order valence-electron chi connectivity index (χ1n) is 6.52. The first kappa shape index (κ1) is 14.0. The van der Waals surface area contributed by atoms with Crippen LogP contribution < -0.4 is 0 Å². The van der Waals surface area contributed by atoms with Gasteiger partial charge in [0, 0.05) is 11.5 Å². The standard InChI is InChI=1S/C13H12FN5OS/c14-11-4-1-5-12(10(11)7-15)21-13-16-17-18-19(13)8-9-3-2-6-20-9/h1,4-5,9H,2-3,6,8H2. The second-order valence-corrected chi connectivity index (χ2v) is 5.61. The topological polar surface area (TPSA) is 76.6 Å². The minimum absolute atomic E-state index is 0.00849. The fourth-order valence-electron chi connectivity index (χ4n) is 2.16. The molecule has 1 fully saturated rings. The SMILES string of the molecule is N#Cc1c(F)cccc1Sc1nnnn1CC1CCCO1. The van der Waals surface area contributed by atoms with Crippen LogP contribution in [0, 0.1) is 17.1 Å². The van der Waals surface area contributed by atoms with Crippen molar-refractivity contribution < 1.29 is 9.13 Å². The first-order valence-corrected chi connectivity index (χ1v) is 7.34. The molecule has 2 aromatic rings.